The Labute approximate surface area is 92.4 Å². The molecule has 14 heavy (non-hydrogen) atoms. The first kappa shape index (κ1) is 13.5. The van der Waals surface area contributed by atoms with E-state index in [0.29, 0.717) is 0 Å². The van der Waals surface area contributed by atoms with Crippen molar-refractivity contribution in [3.05, 3.63) is 35.3 Å². The summed E-state index contributed by atoms with van der Waals surface area (Å²) in [6.07, 6.45) is 6.12. The molecule has 0 saturated carbocycles. The van der Waals surface area contributed by atoms with E-state index in [1.807, 2.05) is 31.7 Å². The van der Waals surface area contributed by atoms with Gasteiger partial charge in [0.2, 0.25) is 0 Å². The molecule has 1 aliphatic heterocycles. The van der Waals surface area contributed by atoms with Crippen LogP contribution in [0.15, 0.2) is 35.3 Å². The second kappa shape index (κ2) is 9.10. The molecule has 0 unspecified atom stereocenters. The van der Waals surface area contributed by atoms with Gasteiger partial charge in [-0.1, -0.05) is 32.6 Å². The summed E-state index contributed by atoms with van der Waals surface area (Å²) >= 11 is 1.90. The lowest BCUT2D eigenvalue weighted by Gasteiger charge is -2.04. The van der Waals surface area contributed by atoms with Crippen LogP contribution in [-0.4, -0.2) is 18.8 Å². The van der Waals surface area contributed by atoms with Gasteiger partial charge in [0.05, 0.1) is 0 Å². The first-order valence-corrected chi connectivity index (χ1v) is 6.19. The minimum atomic E-state index is 0.989. The molecule has 0 aromatic carbocycles. The fraction of sp³-hybridized carbons (Fsp3) is 0.500. The maximum atomic E-state index is 3.72. The smallest absolute Gasteiger partial charge is 0.0213 e. The first-order chi connectivity index (χ1) is 6.88. The second-order valence-corrected chi connectivity index (χ2v) is 3.74. The molecular weight excluding hydrogens is 190 g/mol. The molecule has 0 spiro atoms. The summed E-state index contributed by atoms with van der Waals surface area (Å²) in [5.74, 6) is 1.15. The molecule has 0 aliphatic carbocycles. The van der Waals surface area contributed by atoms with Gasteiger partial charge >= 0.3 is 0 Å². The SMILES string of the molecule is C=C/C=C1/SCCNC/C1=C/C.CC. The van der Waals surface area contributed by atoms with Crippen LogP contribution in [0.2, 0.25) is 0 Å². The van der Waals surface area contributed by atoms with Gasteiger partial charge < -0.3 is 5.32 Å². The molecule has 1 rings (SSSR count). The maximum Gasteiger partial charge on any atom is 0.0213 e. The number of nitrogens with one attached hydrogen (secondary N) is 1. The molecule has 0 radical (unpaired) electrons. The monoisotopic (exact) mass is 211 g/mol. The summed E-state index contributed by atoms with van der Waals surface area (Å²) in [5, 5.41) is 3.37. The summed E-state index contributed by atoms with van der Waals surface area (Å²) in [6.45, 7) is 11.9. The van der Waals surface area contributed by atoms with E-state index in [-0.39, 0.29) is 0 Å². The van der Waals surface area contributed by atoms with Crippen molar-refractivity contribution in [3.63, 3.8) is 0 Å². The van der Waals surface area contributed by atoms with Crippen molar-refractivity contribution in [2.45, 2.75) is 20.8 Å². The number of allylic oxidation sites excluding steroid dienone is 3. The van der Waals surface area contributed by atoms with E-state index in [0.717, 1.165) is 18.8 Å². The Hall–Kier alpha value is -0.470. The highest BCUT2D eigenvalue weighted by molar-refractivity contribution is 8.03. The van der Waals surface area contributed by atoms with Gasteiger partial charge in [0, 0.05) is 23.7 Å². The Kier molecular flexibility index (Phi) is 8.79. The van der Waals surface area contributed by atoms with E-state index in [4.69, 9.17) is 0 Å². The molecule has 0 bridgehead atoms. The van der Waals surface area contributed by atoms with Crippen LogP contribution in [0.1, 0.15) is 20.8 Å². The van der Waals surface area contributed by atoms with Crippen LogP contribution >= 0.6 is 11.8 Å². The molecule has 2 heteroatoms. The average molecular weight is 211 g/mol. The zero-order chi connectivity index (χ0) is 10.8. The highest BCUT2D eigenvalue weighted by Gasteiger charge is 2.07. The average Bonchev–Trinajstić information content (AvgIpc) is 2.47. The third-order valence-electron chi connectivity index (χ3n) is 1.79. The van der Waals surface area contributed by atoms with Crippen LogP contribution < -0.4 is 5.32 Å². The van der Waals surface area contributed by atoms with Crippen molar-refractivity contribution >= 4 is 11.8 Å². The number of hydrogen-bond acceptors (Lipinski definition) is 2. The lowest BCUT2D eigenvalue weighted by atomic mass is 10.2. The molecule has 0 aromatic rings. The van der Waals surface area contributed by atoms with E-state index in [9.17, 15) is 0 Å². The second-order valence-electron chi connectivity index (χ2n) is 2.61. The molecular formula is C12H21NS. The Balaban J connectivity index is 0.000000791. The molecule has 0 aromatic heterocycles. The molecule has 1 N–H and O–H groups in total. The van der Waals surface area contributed by atoms with Gasteiger partial charge in [-0.25, -0.2) is 0 Å². The largest absolute Gasteiger partial charge is 0.312 e. The molecule has 0 amide bonds. The van der Waals surface area contributed by atoms with Crippen LogP contribution in [0.4, 0.5) is 0 Å². The van der Waals surface area contributed by atoms with E-state index in [1.54, 1.807) is 0 Å². The fourth-order valence-corrected chi connectivity index (χ4v) is 2.18. The van der Waals surface area contributed by atoms with Crippen LogP contribution in [0.25, 0.3) is 0 Å². The van der Waals surface area contributed by atoms with E-state index in [2.05, 4.69) is 31.0 Å². The minimum Gasteiger partial charge on any atom is -0.312 e. The van der Waals surface area contributed by atoms with Crippen molar-refractivity contribution in [2.24, 2.45) is 0 Å². The van der Waals surface area contributed by atoms with E-state index < -0.39 is 0 Å². The standard InChI is InChI=1S/C10H15NS.C2H6/c1-3-5-10-9(4-2)8-11-6-7-12-10;1-2/h3-5,11H,1,6-8H2,2H3;1-2H3/b9-4-,10-5+;. The summed E-state index contributed by atoms with van der Waals surface area (Å²) < 4.78 is 0. The van der Waals surface area contributed by atoms with Crippen molar-refractivity contribution < 1.29 is 0 Å². The predicted molar refractivity (Wildman–Crippen MR) is 68.7 cm³/mol. The van der Waals surface area contributed by atoms with Crippen molar-refractivity contribution in [2.75, 3.05) is 18.8 Å². The molecule has 80 valence electrons. The van der Waals surface area contributed by atoms with Gasteiger partial charge in [-0.05, 0) is 18.6 Å². The summed E-state index contributed by atoms with van der Waals surface area (Å²) in [4.78, 5) is 1.36. The van der Waals surface area contributed by atoms with Crippen LogP contribution in [0.5, 0.6) is 0 Å². The van der Waals surface area contributed by atoms with Gasteiger partial charge in [-0.3, -0.25) is 0 Å². The van der Waals surface area contributed by atoms with Crippen LogP contribution in [0.3, 0.4) is 0 Å². The van der Waals surface area contributed by atoms with E-state index in [1.165, 1.54) is 10.5 Å². The van der Waals surface area contributed by atoms with Crippen LogP contribution in [0, 0.1) is 0 Å². The zero-order valence-corrected chi connectivity index (χ0v) is 10.3. The lowest BCUT2D eigenvalue weighted by Crippen LogP contribution is -2.16. The lowest BCUT2D eigenvalue weighted by molar-refractivity contribution is 0.796. The van der Waals surface area contributed by atoms with Crippen molar-refractivity contribution in [3.8, 4) is 0 Å². The van der Waals surface area contributed by atoms with Crippen LogP contribution in [-0.2, 0) is 0 Å². The number of hydrogen-bond donors (Lipinski definition) is 1. The summed E-state index contributed by atoms with van der Waals surface area (Å²) in [5.41, 5.74) is 1.39. The van der Waals surface area contributed by atoms with Gasteiger partial charge in [0.25, 0.3) is 0 Å². The molecule has 1 nitrogen and oxygen atoms in total. The molecule has 1 aliphatic rings. The summed E-state index contributed by atoms with van der Waals surface area (Å²) in [6, 6.07) is 0. The number of rotatable bonds is 1. The molecule has 1 saturated heterocycles. The fourth-order valence-electron chi connectivity index (χ4n) is 1.14. The highest BCUT2D eigenvalue weighted by Crippen LogP contribution is 2.25. The van der Waals surface area contributed by atoms with Crippen molar-refractivity contribution in [1.82, 2.24) is 5.32 Å². The predicted octanol–water partition coefficient (Wildman–Crippen LogP) is 3.37. The Bertz CT molecular complexity index is 216. The maximum absolute atomic E-state index is 3.72. The summed E-state index contributed by atoms with van der Waals surface area (Å²) in [7, 11) is 0. The molecule has 1 heterocycles. The quantitative estimate of drug-likeness (QED) is 0.713. The van der Waals surface area contributed by atoms with Gasteiger partial charge in [-0.2, -0.15) is 0 Å². The van der Waals surface area contributed by atoms with Gasteiger partial charge in [0.1, 0.15) is 0 Å². The zero-order valence-electron chi connectivity index (χ0n) is 9.47. The van der Waals surface area contributed by atoms with E-state index >= 15 is 0 Å². The van der Waals surface area contributed by atoms with Crippen molar-refractivity contribution in [1.29, 1.82) is 0 Å². The highest BCUT2D eigenvalue weighted by atomic mass is 32.2. The first-order valence-electron chi connectivity index (χ1n) is 5.20. The molecule has 1 fully saturated rings. The third kappa shape index (κ3) is 4.68. The minimum absolute atomic E-state index is 0.989. The normalized spacial score (nSPS) is 22.5. The molecule has 0 atom stereocenters. The Morgan fingerprint density at radius 3 is 2.71 bits per heavy atom. The topological polar surface area (TPSA) is 12.0 Å². The Morgan fingerprint density at radius 2 is 2.14 bits per heavy atom. The van der Waals surface area contributed by atoms with Gasteiger partial charge in [-0.15, -0.1) is 11.8 Å². The third-order valence-corrected chi connectivity index (χ3v) is 2.90. The van der Waals surface area contributed by atoms with Gasteiger partial charge in [0.15, 0.2) is 0 Å². The Morgan fingerprint density at radius 1 is 1.43 bits per heavy atom. The number of thioether (sulfide) groups is 1.